The van der Waals surface area contributed by atoms with E-state index in [9.17, 15) is 0 Å². The summed E-state index contributed by atoms with van der Waals surface area (Å²) in [5, 5.41) is 0.757. The summed E-state index contributed by atoms with van der Waals surface area (Å²) in [5.74, 6) is 0. The van der Waals surface area contributed by atoms with Gasteiger partial charge in [-0.1, -0.05) is 47.4 Å². The molecule has 76 valence electrons. The van der Waals surface area contributed by atoms with Gasteiger partial charge in [0.2, 0.25) is 0 Å². The van der Waals surface area contributed by atoms with E-state index in [0.717, 1.165) is 21.5 Å². The highest BCUT2D eigenvalue weighted by Gasteiger charge is 2.60. The number of nitrogens with two attached hydrogens (primary N) is 1. The number of hydrogen-bond acceptors (Lipinski definition) is 1. The highest BCUT2D eigenvalue weighted by Crippen LogP contribution is 2.61. The van der Waals surface area contributed by atoms with E-state index in [-0.39, 0.29) is 11.0 Å². The van der Waals surface area contributed by atoms with E-state index < -0.39 is 0 Å². The third kappa shape index (κ3) is 1.40. The van der Waals surface area contributed by atoms with Gasteiger partial charge < -0.3 is 5.73 Å². The minimum absolute atomic E-state index is 0.171. The van der Waals surface area contributed by atoms with Crippen LogP contribution in [-0.2, 0) is 5.54 Å². The molecule has 1 atom stereocenters. The van der Waals surface area contributed by atoms with E-state index in [1.807, 2.05) is 18.2 Å². The van der Waals surface area contributed by atoms with Crippen LogP contribution in [0.4, 0.5) is 0 Å². The van der Waals surface area contributed by atoms with E-state index in [2.05, 4.69) is 29.8 Å². The molecule has 0 heterocycles. The van der Waals surface area contributed by atoms with Gasteiger partial charge in [-0.3, -0.25) is 0 Å². The summed E-state index contributed by atoms with van der Waals surface area (Å²) in [4.78, 5) is 0. The largest absolute Gasteiger partial charge is 0.321 e. The molecule has 0 spiro atoms. The summed E-state index contributed by atoms with van der Waals surface area (Å²) >= 11 is 9.56. The molecule has 0 bridgehead atoms. The molecule has 0 aromatic heterocycles. The van der Waals surface area contributed by atoms with Gasteiger partial charge in [-0.05, 0) is 29.5 Å². The van der Waals surface area contributed by atoms with E-state index in [1.165, 1.54) is 0 Å². The van der Waals surface area contributed by atoms with Crippen LogP contribution in [0.2, 0.25) is 5.02 Å². The van der Waals surface area contributed by atoms with Crippen LogP contribution in [0, 0.1) is 5.41 Å². The fourth-order valence-corrected chi connectivity index (χ4v) is 2.81. The molecule has 2 N–H and O–H groups in total. The van der Waals surface area contributed by atoms with E-state index in [0.29, 0.717) is 0 Å². The van der Waals surface area contributed by atoms with Gasteiger partial charge in [-0.25, -0.2) is 0 Å². The topological polar surface area (TPSA) is 26.0 Å². The Kier molecular flexibility index (Phi) is 2.22. The Balaban J connectivity index is 2.45. The molecule has 1 saturated carbocycles. The van der Waals surface area contributed by atoms with Crippen molar-refractivity contribution in [2.45, 2.75) is 25.8 Å². The SMILES string of the molecule is CC1(C)CC1(N)c1ccc(Br)cc1Cl. The van der Waals surface area contributed by atoms with Crippen LogP contribution >= 0.6 is 27.5 Å². The average Bonchev–Trinajstić information content (AvgIpc) is 2.50. The Bertz CT molecular complexity index is 389. The van der Waals surface area contributed by atoms with E-state index in [4.69, 9.17) is 17.3 Å². The van der Waals surface area contributed by atoms with Crippen molar-refractivity contribution in [2.75, 3.05) is 0 Å². The second-order valence-corrected chi connectivity index (χ2v) is 5.98. The molecular weight excluding hydrogens is 261 g/mol. The molecule has 1 aromatic carbocycles. The van der Waals surface area contributed by atoms with Crippen molar-refractivity contribution >= 4 is 27.5 Å². The fraction of sp³-hybridized carbons (Fsp3) is 0.455. The molecule has 3 heteroatoms. The van der Waals surface area contributed by atoms with Gasteiger partial charge in [-0.15, -0.1) is 0 Å². The lowest BCUT2D eigenvalue weighted by Gasteiger charge is -2.17. The van der Waals surface area contributed by atoms with Crippen LogP contribution < -0.4 is 5.73 Å². The first-order valence-corrected chi connectivity index (χ1v) is 5.78. The molecule has 0 radical (unpaired) electrons. The summed E-state index contributed by atoms with van der Waals surface area (Å²) in [7, 11) is 0. The van der Waals surface area contributed by atoms with Crippen molar-refractivity contribution < 1.29 is 0 Å². The Morgan fingerprint density at radius 2 is 2.00 bits per heavy atom. The van der Waals surface area contributed by atoms with Crippen LogP contribution in [0.15, 0.2) is 22.7 Å². The number of hydrogen-bond donors (Lipinski definition) is 1. The van der Waals surface area contributed by atoms with Crippen LogP contribution in [0.5, 0.6) is 0 Å². The minimum atomic E-state index is -0.231. The van der Waals surface area contributed by atoms with Crippen molar-refractivity contribution in [1.82, 2.24) is 0 Å². The van der Waals surface area contributed by atoms with Crippen LogP contribution in [0.3, 0.4) is 0 Å². The zero-order chi connectivity index (χ0) is 10.6. The predicted octanol–water partition coefficient (Wildman–Crippen LogP) is 3.69. The minimum Gasteiger partial charge on any atom is -0.321 e. The van der Waals surface area contributed by atoms with Crippen molar-refractivity contribution in [2.24, 2.45) is 11.1 Å². The first kappa shape index (κ1) is 10.5. The zero-order valence-electron chi connectivity index (χ0n) is 8.27. The highest BCUT2D eigenvalue weighted by atomic mass is 79.9. The molecule has 1 aliphatic carbocycles. The van der Waals surface area contributed by atoms with E-state index in [1.54, 1.807) is 0 Å². The average molecular weight is 275 g/mol. The van der Waals surface area contributed by atoms with Gasteiger partial charge in [0.1, 0.15) is 0 Å². The maximum atomic E-state index is 6.30. The summed E-state index contributed by atoms with van der Waals surface area (Å²) in [6.45, 7) is 4.34. The molecule has 1 nitrogen and oxygen atoms in total. The number of rotatable bonds is 1. The van der Waals surface area contributed by atoms with Gasteiger partial charge in [0, 0.05) is 15.0 Å². The molecule has 0 aliphatic heterocycles. The monoisotopic (exact) mass is 273 g/mol. The van der Waals surface area contributed by atoms with Crippen LogP contribution in [-0.4, -0.2) is 0 Å². The Morgan fingerprint density at radius 1 is 1.43 bits per heavy atom. The second-order valence-electron chi connectivity index (χ2n) is 4.66. The fourth-order valence-electron chi connectivity index (χ4n) is 1.96. The molecule has 14 heavy (non-hydrogen) atoms. The molecule has 1 aliphatic rings. The highest BCUT2D eigenvalue weighted by molar-refractivity contribution is 9.10. The number of benzene rings is 1. The summed E-state index contributed by atoms with van der Waals surface area (Å²) < 4.78 is 0.994. The molecule has 1 aromatic rings. The van der Waals surface area contributed by atoms with Crippen molar-refractivity contribution in [3.8, 4) is 0 Å². The lowest BCUT2D eigenvalue weighted by Crippen LogP contribution is -2.25. The van der Waals surface area contributed by atoms with Gasteiger partial charge in [0.25, 0.3) is 0 Å². The third-order valence-electron chi connectivity index (χ3n) is 3.22. The van der Waals surface area contributed by atoms with Crippen LogP contribution in [0.25, 0.3) is 0 Å². The molecule has 0 saturated heterocycles. The van der Waals surface area contributed by atoms with Gasteiger partial charge in [0.15, 0.2) is 0 Å². The van der Waals surface area contributed by atoms with Crippen molar-refractivity contribution in [3.05, 3.63) is 33.3 Å². The normalized spacial score (nSPS) is 28.9. The first-order chi connectivity index (χ1) is 6.37. The Hall–Kier alpha value is -0.0500. The third-order valence-corrected chi connectivity index (χ3v) is 4.02. The lowest BCUT2D eigenvalue weighted by atomic mass is 9.97. The van der Waals surface area contributed by atoms with E-state index >= 15 is 0 Å². The Labute approximate surface area is 97.8 Å². The predicted molar refractivity (Wildman–Crippen MR) is 63.4 cm³/mol. The quantitative estimate of drug-likeness (QED) is 0.830. The Morgan fingerprint density at radius 3 is 2.43 bits per heavy atom. The second kappa shape index (κ2) is 2.97. The maximum absolute atomic E-state index is 6.30. The summed E-state index contributed by atoms with van der Waals surface area (Å²) in [6, 6.07) is 5.91. The maximum Gasteiger partial charge on any atom is 0.0482 e. The van der Waals surface area contributed by atoms with Crippen molar-refractivity contribution in [1.29, 1.82) is 0 Å². The molecule has 1 unspecified atom stereocenters. The molecule has 0 amide bonds. The smallest absolute Gasteiger partial charge is 0.0482 e. The summed E-state index contributed by atoms with van der Waals surface area (Å²) in [6.07, 6.45) is 1.00. The van der Waals surface area contributed by atoms with Gasteiger partial charge in [0.05, 0.1) is 0 Å². The number of halogens is 2. The first-order valence-electron chi connectivity index (χ1n) is 4.61. The zero-order valence-corrected chi connectivity index (χ0v) is 10.6. The molecule has 1 fully saturated rings. The molecular formula is C11H13BrClN. The standard InChI is InChI=1S/C11H13BrClN/c1-10(2)6-11(10,14)8-4-3-7(12)5-9(8)13/h3-5H,6,14H2,1-2H3. The van der Waals surface area contributed by atoms with Gasteiger partial charge in [-0.2, -0.15) is 0 Å². The molecule has 2 rings (SSSR count). The summed E-state index contributed by atoms with van der Waals surface area (Å²) in [5.41, 5.74) is 7.30. The lowest BCUT2D eigenvalue weighted by molar-refractivity contribution is 0.510. The van der Waals surface area contributed by atoms with Gasteiger partial charge >= 0.3 is 0 Å². The van der Waals surface area contributed by atoms with Crippen molar-refractivity contribution in [3.63, 3.8) is 0 Å². The van der Waals surface area contributed by atoms with Crippen LogP contribution in [0.1, 0.15) is 25.8 Å².